The predicted octanol–water partition coefficient (Wildman–Crippen LogP) is 4.45. The molecule has 0 saturated heterocycles. The fraction of sp³-hybridized carbons (Fsp3) is 0.500. The summed E-state index contributed by atoms with van der Waals surface area (Å²) in [6.07, 6.45) is 1.22. The lowest BCUT2D eigenvalue weighted by molar-refractivity contribution is 0.0214. The number of urea groups is 1. The van der Waals surface area contributed by atoms with Crippen LogP contribution < -0.4 is 10.6 Å². The van der Waals surface area contributed by atoms with Gasteiger partial charge in [0.2, 0.25) is 0 Å². The van der Waals surface area contributed by atoms with E-state index in [0.717, 1.165) is 0 Å². The lowest BCUT2D eigenvalue weighted by Gasteiger charge is -2.47. The molecule has 9 heteroatoms. The van der Waals surface area contributed by atoms with Crippen LogP contribution in [0.25, 0.3) is 11.1 Å². The molecule has 144 valence electrons. The summed E-state index contributed by atoms with van der Waals surface area (Å²) in [6.45, 7) is 3.69. The fourth-order valence-electron chi connectivity index (χ4n) is 4.17. The molecule has 3 N–H and O–H groups in total. The zero-order valence-electron chi connectivity index (χ0n) is 14.9. The van der Waals surface area contributed by atoms with E-state index in [9.17, 15) is 14.7 Å². The second-order valence-electron chi connectivity index (χ2n) is 7.63. The number of aromatic nitrogens is 1. The molecule has 0 atom stereocenters. The molecule has 0 bridgehead atoms. The minimum absolute atomic E-state index is 0.144. The van der Waals surface area contributed by atoms with Crippen LogP contribution in [0.5, 0.6) is 0 Å². The summed E-state index contributed by atoms with van der Waals surface area (Å²) in [5, 5.41) is 15.0. The Labute approximate surface area is 159 Å². The van der Waals surface area contributed by atoms with Crippen LogP contribution >= 0.6 is 11.6 Å². The summed E-state index contributed by atoms with van der Waals surface area (Å²) in [5.41, 5.74) is -0.774. The van der Waals surface area contributed by atoms with Crippen molar-refractivity contribution in [3.05, 3.63) is 22.5 Å². The molecule has 1 aliphatic heterocycles. The first-order chi connectivity index (χ1) is 12.7. The van der Waals surface area contributed by atoms with Crippen LogP contribution in [0.4, 0.5) is 14.9 Å². The first-order valence-corrected chi connectivity index (χ1v) is 9.18. The number of nitrogens with zero attached hydrogens (tertiary/aromatic N) is 1. The van der Waals surface area contributed by atoms with Gasteiger partial charge in [-0.05, 0) is 37.7 Å². The zero-order chi connectivity index (χ0) is 19.6. The zero-order valence-corrected chi connectivity index (χ0v) is 15.6. The number of nitrogens with one attached hydrogen (secondary N) is 2. The maximum atomic E-state index is 15.1. The number of hydrogen-bond donors (Lipinski definition) is 3. The predicted molar refractivity (Wildman–Crippen MR) is 97.0 cm³/mol. The van der Waals surface area contributed by atoms with Crippen molar-refractivity contribution in [2.24, 2.45) is 5.92 Å². The quantitative estimate of drug-likeness (QED) is 0.696. The Morgan fingerprint density at radius 2 is 2.04 bits per heavy atom. The number of rotatable bonds is 2. The van der Waals surface area contributed by atoms with Gasteiger partial charge in [0.1, 0.15) is 11.2 Å². The topological polar surface area (TPSA) is 104 Å². The minimum Gasteiger partial charge on any atom is -0.474 e. The Morgan fingerprint density at radius 3 is 2.63 bits per heavy atom. The highest BCUT2D eigenvalue weighted by Crippen LogP contribution is 2.52. The SMILES string of the molecule is CC(C)C1(F)CCC2(CC1)NC(=O)Nc1c(Cl)cc3nc(C(=O)O)oc3c12. The summed E-state index contributed by atoms with van der Waals surface area (Å²) in [4.78, 5) is 27.5. The molecular weight excluding hydrogens is 377 g/mol. The average Bonchev–Trinajstić information content (AvgIpc) is 3.01. The van der Waals surface area contributed by atoms with Crippen LogP contribution in [-0.4, -0.2) is 27.8 Å². The van der Waals surface area contributed by atoms with E-state index in [2.05, 4.69) is 15.6 Å². The summed E-state index contributed by atoms with van der Waals surface area (Å²) >= 11 is 6.34. The number of benzene rings is 1. The van der Waals surface area contributed by atoms with Crippen molar-refractivity contribution >= 4 is 40.4 Å². The van der Waals surface area contributed by atoms with Crippen LogP contribution in [0, 0.1) is 5.92 Å². The van der Waals surface area contributed by atoms with Gasteiger partial charge in [-0.25, -0.2) is 19.0 Å². The average molecular weight is 396 g/mol. The first kappa shape index (κ1) is 18.0. The molecule has 1 aromatic heterocycles. The van der Waals surface area contributed by atoms with Gasteiger partial charge in [-0.15, -0.1) is 0 Å². The maximum absolute atomic E-state index is 15.1. The van der Waals surface area contributed by atoms with E-state index in [1.165, 1.54) is 6.07 Å². The van der Waals surface area contributed by atoms with Gasteiger partial charge in [0.05, 0.1) is 16.2 Å². The molecule has 27 heavy (non-hydrogen) atoms. The molecule has 1 aliphatic carbocycles. The number of aromatic carboxylic acids is 1. The molecule has 2 heterocycles. The number of oxazole rings is 1. The molecule has 1 fully saturated rings. The van der Waals surface area contributed by atoms with Gasteiger partial charge < -0.3 is 20.2 Å². The van der Waals surface area contributed by atoms with E-state index in [0.29, 0.717) is 24.1 Å². The van der Waals surface area contributed by atoms with E-state index >= 15 is 4.39 Å². The number of halogens is 2. The van der Waals surface area contributed by atoms with E-state index in [1.54, 1.807) is 0 Å². The van der Waals surface area contributed by atoms with Crippen LogP contribution in [0.2, 0.25) is 5.02 Å². The number of fused-ring (bicyclic) bond motifs is 4. The standard InChI is InChI=1S/C18H19ClFN3O4/c1-8(2)17(20)3-5-18(6-4-17)11-12(22-16(26)23-18)9(19)7-10-13(11)27-14(21-10)15(24)25/h7-8H,3-6H2,1-2H3,(H,24,25)(H2,22,23,26). The van der Waals surface area contributed by atoms with E-state index < -0.39 is 29.1 Å². The fourth-order valence-corrected chi connectivity index (χ4v) is 4.42. The van der Waals surface area contributed by atoms with Crippen molar-refractivity contribution in [3.8, 4) is 0 Å². The largest absolute Gasteiger partial charge is 0.474 e. The molecule has 0 radical (unpaired) electrons. The lowest BCUT2D eigenvalue weighted by atomic mass is 9.67. The van der Waals surface area contributed by atoms with Crippen LogP contribution in [0.3, 0.4) is 0 Å². The highest BCUT2D eigenvalue weighted by molar-refractivity contribution is 6.35. The Hall–Kier alpha value is -2.35. The minimum atomic E-state index is -1.31. The van der Waals surface area contributed by atoms with Crippen molar-refractivity contribution in [2.75, 3.05) is 5.32 Å². The molecule has 4 rings (SSSR count). The molecule has 1 aromatic carbocycles. The third-order valence-electron chi connectivity index (χ3n) is 5.86. The second-order valence-corrected chi connectivity index (χ2v) is 8.04. The number of alkyl halides is 1. The van der Waals surface area contributed by atoms with Gasteiger partial charge in [-0.2, -0.15) is 0 Å². The van der Waals surface area contributed by atoms with Gasteiger partial charge in [-0.1, -0.05) is 25.4 Å². The molecule has 2 aromatic rings. The number of hydrogen-bond acceptors (Lipinski definition) is 4. The number of anilines is 1. The number of carboxylic acid groups (broad SMARTS) is 1. The highest BCUT2D eigenvalue weighted by Gasteiger charge is 2.50. The van der Waals surface area contributed by atoms with Crippen molar-refractivity contribution in [1.29, 1.82) is 0 Å². The Bertz CT molecular complexity index is 963. The second kappa shape index (κ2) is 5.82. The maximum Gasteiger partial charge on any atom is 0.392 e. The van der Waals surface area contributed by atoms with Crippen LogP contribution in [-0.2, 0) is 5.54 Å². The van der Waals surface area contributed by atoms with Crippen molar-refractivity contribution < 1.29 is 23.5 Å². The summed E-state index contributed by atoms with van der Waals surface area (Å²) in [6, 6.07) is 1.03. The smallest absolute Gasteiger partial charge is 0.392 e. The van der Waals surface area contributed by atoms with Gasteiger partial charge in [0.15, 0.2) is 5.58 Å². The van der Waals surface area contributed by atoms with E-state index in [-0.39, 0.29) is 34.9 Å². The van der Waals surface area contributed by atoms with Crippen LogP contribution in [0.15, 0.2) is 10.5 Å². The molecular formula is C18H19ClFN3O4. The van der Waals surface area contributed by atoms with Gasteiger partial charge in [0.25, 0.3) is 0 Å². The number of amides is 2. The van der Waals surface area contributed by atoms with Crippen molar-refractivity contribution in [2.45, 2.75) is 50.7 Å². The van der Waals surface area contributed by atoms with Gasteiger partial charge in [0, 0.05) is 5.56 Å². The van der Waals surface area contributed by atoms with Crippen molar-refractivity contribution in [1.82, 2.24) is 10.3 Å². The van der Waals surface area contributed by atoms with E-state index in [1.807, 2.05) is 13.8 Å². The Kier molecular flexibility index (Phi) is 3.89. The van der Waals surface area contributed by atoms with Crippen molar-refractivity contribution in [3.63, 3.8) is 0 Å². The monoisotopic (exact) mass is 395 g/mol. The number of carbonyl (C=O) groups is 2. The number of carboxylic acids is 1. The molecule has 2 amide bonds. The highest BCUT2D eigenvalue weighted by atomic mass is 35.5. The van der Waals surface area contributed by atoms with Gasteiger partial charge >= 0.3 is 17.9 Å². The van der Waals surface area contributed by atoms with Gasteiger partial charge in [-0.3, -0.25) is 0 Å². The molecule has 0 unspecified atom stereocenters. The molecule has 7 nitrogen and oxygen atoms in total. The summed E-state index contributed by atoms with van der Waals surface area (Å²) in [5.74, 6) is -1.90. The molecule has 1 spiro atoms. The number of carbonyl (C=O) groups excluding carboxylic acids is 1. The third kappa shape index (κ3) is 2.65. The Balaban J connectivity index is 1.90. The summed E-state index contributed by atoms with van der Waals surface area (Å²) < 4.78 is 20.6. The molecule has 1 saturated carbocycles. The van der Waals surface area contributed by atoms with E-state index in [4.69, 9.17) is 16.0 Å². The third-order valence-corrected chi connectivity index (χ3v) is 6.15. The van der Waals surface area contributed by atoms with Crippen LogP contribution in [0.1, 0.15) is 55.8 Å². The lowest BCUT2D eigenvalue weighted by Crippen LogP contribution is -2.55. The molecule has 2 aliphatic rings. The first-order valence-electron chi connectivity index (χ1n) is 8.80. The normalized spacial score (nSPS) is 27.5. The Morgan fingerprint density at radius 1 is 1.37 bits per heavy atom. The summed E-state index contributed by atoms with van der Waals surface area (Å²) in [7, 11) is 0.